The summed E-state index contributed by atoms with van der Waals surface area (Å²) in [6.07, 6.45) is 3.06. The predicted molar refractivity (Wildman–Crippen MR) is 114 cm³/mol. The number of benzene rings is 2. The molecule has 0 N–H and O–H groups in total. The van der Waals surface area contributed by atoms with Crippen LogP contribution in [0.1, 0.15) is 31.2 Å². The molecule has 152 valence electrons. The molecule has 2 aliphatic heterocycles. The van der Waals surface area contributed by atoms with Gasteiger partial charge in [-0.3, -0.25) is 4.79 Å². The third kappa shape index (κ3) is 3.11. The molecule has 1 aromatic heterocycles. The van der Waals surface area contributed by atoms with E-state index in [0.717, 1.165) is 36.0 Å². The Labute approximate surface area is 175 Å². The largest absolute Gasteiger partial charge is 0.423 e. The highest BCUT2D eigenvalue weighted by molar-refractivity contribution is 5.86. The van der Waals surface area contributed by atoms with E-state index in [9.17, 15) is 10.1 Å². The number of aromatic nitrogens is 1. The van der Waals surface area contributed by atoms with Crippen molar-refractivity contribution >= 4 is 23.0 Å². The van der Waals surface area contributed by atoms with Crippen LogP contribution in [0.2, 0.25) is 0 Å². The van der Waals surface area contributed by atoms with E-state index in [1.54, 1.807) is 0 Å². The Morgan fingerprint density at radius 2 is 1.80 bits per heavy atom. The number of anilines is 1. The van der Waals surface area contributed by atoms with Crippen molar-refractivity contribution in [2.75, 3.05) is 24.5 Å². The van der Waals surface area contributed by atoms with Gasteiger partial charge in [0.2, 0.25) is 5.91 Å². The molecule has 1 amide bonds. The van der Waals surface area contributed by atoms with Gasteiger partial charge >= 0.3 is 0 Å². The average Bonchev–Trinajstić information content (AvgIpc) is 3.46. The smallest absolute Gasteiger partial charge is 0.299 e. The SMILES string of the molecule is N#CC1(c2ccccc2)CCN(C(=O)[C@@H]2CCCN2c2nc3ccccc3o2)CC1. The summed E-state index contributed by atoms with van der Waals surface area (Å²) in [5.74, 6) is 0.120. The second-order valence-electron chi connectivity index (χ2n) is 8.20. The van der Waals surface area contributed by atoms with Gasteiger partial charge in [-0.15, -0.1) is 0 Å². The Morgan fingerprint density at radius 3 is 2.53 bits per heavy atom. The van der Waals surface area contributed by atoms with Crippen molar-refractivity contribution in [3.63, 3.8) is 0 Å². The maximum absolute atomic E-state index is 13.4. The Morgan fingerprint density at radius 1 is 1.07 bits per heavy atom. The molecule has 2 aromatic carbocycles. The number of para-hydroxylation sites is 2. The first-order valence-corrected chi connectivity index (χ1v) is 10.6. The molecule has 0 radical (unpaired) electrons. The van der Waals surface area contributed by atoms with Crippen LogP contribution in [0.3, 0.4) is 0 Å². The quantitative estimate of drug-likeness (QED) is 0.667. The van der Waals surface area contributed by atoms with E-state index in [4.69, 9.17) is 4.42 Å². The van der Waals surface area contributed by atoms with Crippen molar-refractivity contribution in [2.24, 2.45) is 0 Å². The van der Waals surface area contributed by atoms with Crippen molar-refractivity contribution in [3.8, 4) is 6.07 Å². The lowest BCUT2D eigenvalue weighted by Crippen LogP contribution is -2.51. The zero-order valence-corrected chi connectivity index (χ0v) is 16.8. The number of rotatable bonds is 3. The standard InChI is InChI=1S/C24H24N4O2/c25-17-24(18-7-2-1-3-8-18)12-15-27(16-13-24)22(29)20-10-6-14-28(20)23-26-19-9-4-5-11-21(19)30-23/h1-5,7-9,11,20H,6,10,12-16H2/t20-/m0/s1. The lowest BCUT2D eigenvalue weighted by Gasteiger charge is -2.39. The van der Waals surface area contributed by atoms with Crippen LogP contribution in [0.5, 0.6) is 0 Å². The van der Waals surface area contributed by atoms with Crippen molar-refractivity contribution in [1.29, 1.82) is 5.26 Å². The molecule has 6 nitrogen and oxygen atoms in total. The van der Waals surface area contributed by atoms with E-state index in [1.807, 2.05) is 64.4 Å². The van der Waals surface area contributed by atoms with Crippen LogP contribution in [0.15, 0.2) is 59.0 Å². The molecule has 2 aliphatic rings. The Hall–Kier alpha value is -3.33. The number of amides is 1. The second kappa shape index (κ2) is 7.49. The minimum Gasteiger partial charge on any atom is -0.423 e. The number of piperidine rings is 1. The van der Waals surface area contributed by atoms with Crippen molar-refractivity contribution < 1.29 is 9.21 Å². The van der Waals surface area contributed by atoms with Gasteiger partial charge < -0.3 is 14.2 Å². The van der Waals surface area contributed by atoms with E-state index in [2.05, 4.69) is 11.1 Å². The molecule has 2 fully saturated rings. The molecular weight excluding hydrogens is 376 g/mol. The van der Waals surface area contributed by atoms with Crippen LogP contribution in [0.4, 0.5) is 6.01 Å². The molecule has 2 saturated heterocycles. The van der Waals surface area contributed by atoms with Crippen LogP contribution in [0.25, 0.3) is 11.1 Å². The van der Waals surface area contributed by atoms with E-state index < -0.39 is 5.41 Å². The molecule has 6 heteroatoms. The van der Waals surface area contributed by atoms with Gasteiger partial charge in [-0.2, -0.15) is 10.2 Å². The fraction of sp³-hybridized carbons (Fsp3) is 0.375. The third-order valence-corrected chi connectivity index (χ3v) is 6.54. The number of hydrogen-bond donors (Lipinski definition) is 0. The van der Waals surface area contributed by atoms with Crippen LogP contribution >= 0.6 is 0 Å². The number of hydrogen-bond acceptors (Lipinski definition) is 5. The monoisotopic (exact) mass is 400 g/mol. The summed E-state index contributed by atoms with van der Waals surface area (Å²) >= 11 is 0. The number of nitrogens with zero attached hydrogens (tertiary/aromatic N) is 4. The first-order chi connectivity index (χ1) is 14.7. The summed E-state index contributed by atoms with van der Waals surface area (Å²) < 4.78 is 5.93. The van der Waals surface area contributed by atoms with E-state index >= 15 is 0 Å². The molecule has 30 heavy (non-hydrogen) atoms. The predicted octanol–water partition coefficient (Wildman–Crippen LogP) is 3.88. The summed E-state index contributed by atoms with van der Waals surface area (Å²) in [5, 5.41) is 9.91. The molecule has 0 aliphatic carbocycles. The van der Waals surface area contributed by atoms with Crippen molar-refractivity contribution in [1.82, 2.24) is 9.88 Å². The van der Waals surface area contributed by atoms with Gasteiger partial charge in [-0.1, -0.05) is 42.5 Å². The zero-order chi connectivity index (χ0) is 20.6. The number of nitriles is 1. The number of fused-ring (bicyclic) bond motifs is 1. The van der Waals surface area contributed by atoms with Gasteiger partial charge in [0, 0.05) is 19.6 Å². The van der Waals surface area contributed by atoms with Crippen molar-refractivity contribution in [2.45, 2.75) is 37.1 Å². The third-order valence-electron chi connectivity index (χ3n) is 6.54. The number of likely N-dealkylation sites (tertiary alicyclic amines) is 1. The molecule has 0 spiro atoms. The summed E-state index contributed by atoms with van der Waals surface area (Å²) in [4.78, 5) is 21.9. The van der Waals surface area contributed by atoms with Gasteiger partial charge in [0.15, 0.2) is 5.58 Å². The maximum Gasteiger partial charge on any atom is 0.299 e. The fourth-order valence-corrected chi connectivity index (χ4v) is 4.78. The molecule has 3 heterocycles. The van der Waals surface area contributed by atoms with Crippen molar-refractivity contribution in [3.05, 3.63) is 60.2 Å². The molecule has 1 atom stereocenters. The number of carbonyl (C=O) groups excluding carboxylic acids is 1. The molecule has 5 rings (SSSR count). The summed E-state index contributed by atoms with van der Waals surface area (Å²) in [6, 6.07) is 20.5. The minimum atomic E-state index is -0.506. The first-order valence-electron chi connectivity index (χ1n) is 10.6. The van der Waals surface area contributed by atoms with Crippen LogP contribution in [-0.2, 0) is 10.2 Å². The van der Waals surface area contributed by atoms with Gasteiger partial charge in [0.05, 0.1) is 11.5 Å². The molecular formula is C24H24N4O2. The van der Waals surface area contributed by atoms with E-state index in [1.165, 1.54) is 0 Å². The Balaban J connectivity index is 1.32. The second-order valence-corrected chi connectivity index (χ2v) is 8.20. The van der Waals surface area contributed by atoms with Crippen LogP contribution in [-0.4, -0.2) is 41.5 Å². The van der Waals surface area contributed by atoms with Crippen LogP contribution < -0.4 is 4.90 Å². The Kier molecular flexibility index (Phi) is 4.66. The topological polar surface area (TPSA) is 73.4 Å². The van der Waals surface area contributed by atoms with Gasteiger partial charge in [-0.25, -0.2) is 0 Å². The molecule has 0 unspecified atom stereocenters. The highest BCUT2D eigenvalue weighted by atomic mass is 16.4. The summed E-state index contributed by atoms with van der Waals surface area (Å²) in [6.45, 7) is 1.96. The average molecular weight is 400 g/mol. The first kappa shape index (κ1) is 18.7. The van der Waals surface area contributed by atoms with Gasteiger partial charge in [0.25, 0.3) is 6.01 Å². The summed E-state index contributed by atoms with van der Waals surface area (Å²) in [5.41, 5.74) is 2.09. The normalized spacial score (nSPS) is 21.0. The van der Waals surface area contributed by atoms with Gasteiger partial charge in [0.1, 0.15) is 11.6 Å². The molecule has 0 saturated carbocycles. The van der Waals surface area contributed by atoms with E-state index in [-0.39, 0.29) is 11.9 Å². The summed E-state index contributed by atoms with van der Waals surface area (Å²) in [7, 11) is 0. The minimum absolute atomic E-state index is 0.120. The highest BCUT2D eigenvalue weighted by Crippen LogP contribution is 2.36. The lowest BCUT2D eigenvalue weighted by molar-refractivity contribution is -0.133. The lowest BCUT2D eigenvalue weighted by atomic mass is 9.74. The maximum atomic E-state index is 13.4. The number of carbonyl (C=O) groups is 1. The highest BCUT2D eigenvalue weighted by Gasteiger charge is 2.41. The zero-order valence-electron chi connectivity index (χ0n) is 16.8. The van der Waals surface area contributed by atoms with Crippen LogP contribution in [0, 0.1) is 11.3 Å². The molecule has 0 bridgehead atoms. The Bertz CT molecular complexity index is 1060. The number of oxazole rings is 1. The van der Waals surface area contributed by atoms with E-state index in [0.29, 0.717) is 31.9 Å². The molecule has 3 aromatic rings. The van der Waals surface area contributed by atoms with Gasteiger partial charge in [-0.05, 0) is 43.4 Å². The fourth-order valence-electron chi connectivity index (χ4n) is 4.78.